The summed E-state index contributed by atoms with van der Waals surface area (Å²) in [7, 11) is 0. The number of likely N-dealkylation sites (tertiary alicyclic amines) is 1. The van der Waals surface area contributed by atoms with Crippen molar-refractivity contribution < 1.29 is 13.9 Å². The quantitative estimate of drug-likeness (QED) is 0.852. The number of hydrogen-bond donors (Lipinski definition) is 0. The van der Waals surface area contributed by atoms with Gasteiger partial charge in [-0.05, 0) is 37.8 Å². The molecule has 1 saturated heterocycles. The predicted octanol–water partition coefficient (Wildman–Crippen LogP) is 2.91. The fourth-order valence-electron chi connectivity index (χ4n) is 2.76. The van der Waals surface area contributed by atoms with Crippen LogP contribution < -0.4 is 4.74 Å². The Labute approximate surface area is 129 Å². The van der Waals surface area contributed by atoms with Gasteiger partial charge in [-0.1, -0.05) is 18.2 Å². The minimum atomic E-state index is -0.0542. The molecule has 1 unspecified atom stereocenters. The smallest absolute Gasteiger partial charge is 0.291 e. The highest BCUT2D eigenvalue weighted by molar-refractivity contribution is 5.92. The molecule has 1 aliphatic heterocycles. The summed E-state index contributed by atoms with van der Waals surface area (Å²) in [6.45, 7) is 4.00. The second kappa shape index (κ2) is 6.64. The van der Waals surface area contributed by atoms with Crippen molar-refractivity contribution in [3.8, 4) is 5.75 Å². The lowest BCUT2D eigenvalue weighted by Gasteiger charge is -2.15. The summed E-state index contributed by atoms with van der Waals surface area (Å²) in [4.78, 5) is 18.2. The molecule has 3 rings (SSSR count). The number of nitrogens with zero attached hydrogens (tertiary/aromatic N) is 2. The molecule has 0 aliphatic carbocycles. The first-order chi connectivity index (χ1) is 10.7. The molecule has 0 bridgehead atoms. The van der Waals surface area contributed by atoms with Crippen molar-refractivity contribution >= 4 is 5.91 Å². The molecule has 1 aromatic carbocycles. The summed E-state index contributed by atoms with van der Waals surface area (Å²) in [6.07, 6.45) is 3.29. The Morgan fingerprint density at radius 1 is 1.41 bits per heavy atom. The number of aryl methyl sites for hydroxylation is 1. The highest BCUT2D eigenvalue weighted by Gasteiger charge is 2.29. The lowest BCUT2D eigenvalue weighted by molar-refractivity contribution is 0.0752. The van der Waals surface area contributed by atoms with Gasteiger partial charge in [-0.15, -0.1) is 0 Å². The number of benzene rings is 1. The van der Waals surface area contributed by atoms with E-state index in [-0.39, 0.29) is 5.91 Å². The second-order valence-corrected chi connectivity index (χ2v) is 5.62. The standard InChI is InChI=1S/C17H20N2O3/c1-13-16(22-12-18-13)17(20)19-9-7-14(11-19)8-10-21-15-5-3-2-4-6-15/h2-6,12,14H,7-11H2,1H3. The molecule has 1 aliphatic rings. The number of carbonyl (C=O) groups excluding carboxylic acids is 1. The van der Waals surface area contributed by atoms with Crippen molar-refractivity contribution in [1.29, 1.82) is 0 Å². The van der Waals surface area contributed by atoms with Gasteiger partial charge in [0.1, 0.15) is 5.75 Å². The third-order valence-electron chi connectivity index (χ3n) is 4.05. The van der Waals surface area contributed by atoms with Gasteiger partial charge in [0.25, 0.3) is 5.91 Å². The molecule has 1 amide bonds. The summed E-state index contributed by atoms with van der Waals surface area (Å²) in [6, 6.07) is 9.81. The van der Waals surface area contributed by atoms with Gasteiger partial charge in [-0.3, -0.25) is 4.79 Å². The number of rotatable bonds is 5. The third kappa shape index (κ3) is 3.30. The van der Waals surface area contributed by atoms with E-state index in [0.717, 1.165) is 31.7 Å². The van der Waals surface area contributed by atoms with E-state index in [4.69, 9.17) is 9.15 Å². The maximum atomic E-state index is 12.3. The zero-order valence-electron chi connectivity index (χ0n) is 12.7. The van der Waals surface area contributed by atoms with E-state index in [2.05, 4.69) is 4.98 Å². The molecule has 1 aromatic heterocycles. The summed E-state index contributed by atoms with van der Waals surface area (Å²) in [5.41, 5.74) is 0.654. The first kappa shape index (κ1) is 14.6. The van der Waals surface area contributed by atoms with Crippen LogP contribution in [0.2, 0.25) is 0 Å². The Balaban J connectivity index is 1.46. The van der Waals surface area contributed by atoms with E-state index in [0.29, 0.717) is 24.0 Å². The van der Waals surface area contributed by atoms with Crippen molar-refractivity contribution in [3.05, 3.63) is 48.2 Å². The number of ether oxygens (including phenoxy) is 1. The third-order valence-corrected chi connectivity index (χ3v) is 4.05. The van der Waals surface area contributed by atoms with Crippen molar-refractivity contribution in [1.82, 2.24) is 9.88 Å². The average molecular weight is 300 g/mol. The Morgan fingerprint density at radius 3 is 2.95 bits per heavy atom. The van der Waals surface area contributed by atoms with Crippen LogP contribution in [0.3, 0.4) is 0 Å². The molecule has 5 nitrogen and oxygen atoms in total. The normalized spacial score (nSPS) is 17.7. The van der Waals surface area contributed by atoms with E-state index < -0.39 is 0 Å². The first-order valence-electron chi connectivity index (χ1n) is 7.61. The van der Waals surface area contributed by atoms with Crippen LogP contribution in [0.4, 0.5) is 0 Å². The topological polar surface area (TPSA) is 55.6 Å². The highest BCUT2D eigenvalue weighted by atomic mass is 16.5. The molecule has 2 aromatic rings. The SMILES string of the molecule is Cc1ncoc1C(=O)N1CCC(CCOc2ccccc2)C1. The molecule has 116 valence electrons. The van der Waals surface area contributed by atoms with Crippen LogP contribution in [0.5, 0.6) is 5.75 Å². The molecule has 1 atom stereocenters. The number of para-hydroxylation sites is 1. The minimum Gasteiger partial charge on any atom is -0.494 e. The van der Waals surface area contributed by atoms with Gasteiger partial charge < -0.3 is 14.1 Å². The predicted molar refractivity (Wildman–Crippen MR) is 81.8 cm³/mol. The van der Waals surface area contributed by atoms with Gasteiger partial charge in [0.15, 0.2) is 6.39 Å². The second-order valence-electron chi connectivity index (χ2n) is 5.62. The van der Waals surface area contributed by atoms with Crippen molar-refractivity contribution in [3.63, 3.8) is 0 Å². The average Bonchev–Trinajstić information content (AvgIpc) is 3.17. The van der Waals surface area contributed by atoms with Gasteiger partial charge in [0, 0.05) is 13.1 Å². The fourth-order valence-corrected chi connectivity index (χ4v) is 2.76. The summed E-state index contributed by atoms with van der Waals surface area (Å²) < 4.78 is 10.9. The Kier molecular flexibility index (Phi) is 4.42. The highest BCUT2D eigenvalue weighted by Crippen LogP contribution is 2.22. The molecule has 0 spiro atoms. The van der Waals surface area contributed by atoms with Crippen LogP contribution in [-0.4, -0.2) is 35.5 Å². The van der Waals surface area contributed by atoms with Gasteiger partial charge >= 0.3 is 0 Å². The lowest BCUT2D eigenvalue weighted by Crippen LogP contribution is -2.29. The van der Waals surface area contributed by atoms with Crippen LogP contribution >= 0.6 is 0 Å². The van der Waals surface area contributed by atoms with Gasteiger partial charge in [0.2, 0.25) is 5.76 Å². The maximum absolute atomic E-state index is 12.3. The van der Waals surface area contributed by atoms with Crippen molar-refractivity contribution in [2.24, 2.45) is 5.92 Å². The Morgan fingerprint density at radius 2 is 2.23 bits per heavy atom. The molecule has 2 heterocycles. The number of oxazole rings is 1. The van der Waals surface area contributed by atoms with Gasteiger partial charge in [0.05, 0.1) is 12.3 Å². The molecule has 0 radical (unpaired) electrons. The molecular formula is C17H20N2O3. The molecule has 0 N–H and O–H groups in total. The summed E-state index contributed by atoms with van der Waals surface area (Å²) >= 11 is 0. The van der Waals surface area contributed by atoms with E-state index in [1.54, 1.807) is 6.92 Å². The zero-order valence-corrected chi connectivity index (χ0v) is 12.7. The number of carbonyl (C=O) groups is 1. The molecule has 5 heteroatoms. The van der Waals surface area contributed by atoms with E-state index >= 15 is 0 Å². The van der Waals surface area contributed by atoms with Gasteiger partial charge in [-0.2, -0.15) is 0 Å². The summed E-state index contributed by atoms with van der Waals surface area (Å²) in [5, 5.41) is 0. The zero-order chi connectivity index (χ0) is 15.4. The van der Waals surface area contributed by atoms with Crippen molar-refractivity contribution in [2.45, 2.75) is 19.8 Å². The minimum absolute atomic E-state index is 0.0542. The largest absolute Gasteiger partial charge is 0.494 e. The maximum Gasteiger partial charge on any atom is 0.291 e. The number of aromatic nitrogens is 1. The molecule has 22 heavy (non-hydrogen) atoms. The van der Waals surface area contributed by atoms with Crippen LogP contribution in [0.1, 0.15) is 29.1 Å². The molecule has 1 fully saturated rings. The van der Waals surface area contributed by atoms with Crippen LogP contribution in [-0.2, 0) is 0 Å². The first-order valence-corrected chi connectivity index (χ1v) is 7.61. The Hall–Kier alpha value is -2.30. The van der Waals surface area contributed by atoms with Crippen LogP contribution in [0, 0.1) is 12.8 Å². The Bertz CT molecular complexity index is 624. The molecule has 0 saturated carbocycles. The molecular weight excluding hydrogens is 280 g/mol. The van der Waals surface area contributed by atoms with E-state index in [9.17, 15) is 4.79 Å². The number of hydrogen-bond acceptors (Lipinski definition) is 4. The van der Waals surface area contributed by atoms with Crippen LogP contribution in [0.25, 0.3) is 0 Å². The fraction of sp³-hybridized carbons (Fsp3) is 0.412. The summed E-state index contributed by atoms with van der Waals surface area (Å²) in [5.74, 6) is 1.68. The van der Waals surface area contributed by atoms with E-state index in [1.807, 2.05) is 35.2 Å². The van der Waals surface area contributed by atoms with Crippen molar-refractivity contribution in [2.75, 3.05) is 19.7 Å². The van der Waals surface area contributed by atoms with Crippen LogP contribution in [0.15, 0.2) is 41.1 Å². The monoisotopic (exact) mass is 300 g/mol. The van der Waals surface area contributed by atoms with E-state index in [1.165, 1.54) is 6.39 Å². The van der Waals surface area contributed by atoms with Gasteiger partial charge in [-0.25, -0.2) is 4.98 Å². The number of amides is 1. The lowest BCUT2D eigenvalue weighted by atomic mass is 10.1.